The number of aromatic nitrogens is 2. The SMILES string of the molecule is CC(=O)N/C(=C\c1ccccc1)C(=O)OCc1nc(N)c2ccccc2n1. The van der Waals surface area contributed by atoms with E-state index >= 15 is 0 Å². The molecule has 0 aliphatic rings. The summed E-state index contributed by atoms with van der Waals surface area (Å²) >= 11 is 0. The number of anilines is 1. The first kappa shape index (κ1) is 18.1. The molecule has 0 fully saturated rings. The Balaban J connectivity index is 1.78. The largest absolute Gasteiger partial charge is 0.453 e. The molecule has 0 atom stereocenters. The summed E-state index contributed by atoms with van der Waals surface area (Å²) in [6, 6.07) is 16.4. The second kappa shape index (κ2) is 8.09. The predicted molar refractivity (Wildman–Crippen MR) is 102 cm³/mol. The summed E-state index contributed by atoms with van der Waals surface area (Å²) in [5.74, 6) is -0.472. The predicted octanol–water partition coefficient (Wildman–Crippen LogP) is 2.43. The van der Waals surface area contributed by atoms with E-state index in [1.54, 1.807) is 12.1 Å². The number of hydrogen-bond acceptors (Lipinski definition) is 6. The third kappa shape index (κ3) is 4.66. The fourth-order valence-corrected chi connectivity index (χ4v) is 2.48. The fourth-order valence-electron chi connectivity index (χ4n) is 2.48. The fraction of sp³-hybridized carbons (Fsp3) is 0.100. The van der Waals surface area contributed by atoms with Crippen molar-refractivity contribution in [1.29, 1.82) is 0 Å². The van der Waals surface area contributed by atoms with Crippen molar-refractivity contribution in [2.45, 2.75) is 13.5 Å². The highest BCUT2D eigenvalue weighted by Crippen LogP contribution is 2.17. The van der Waals surface area contributed by atoms with Crippen LogP contribution in [-0.2, 0) is 20.9 Å². The number of carbonyl (C=O) groups excluding carboxylic acids is 2. The number of amides is 1. The number of para-hydroxylation sites is 1. The van der Waals surface area contributed by atoms with Crippen molar-refractivity contribution in [2.24, 2.45) is 0 Å². The quantitative estimate of drug-likeness (QED) is 0.533. The van der Waals surface area contributed by atoms with E-state index in [0.717, 1.165) is 10.9 Å². The lowest BCUT2D eigenvalue weighted by molar-refractivity contribution is -0.141. The Morgan fingerprint density at radius 3 is 2.52 bits per heavy atom. The lowest BCUT2D eigenvalue weighted by atomic mass is 10.2. The number of benzene rings is 2. The van der Waals surface area contributed by atoms with Crippen LogP contribution in [0.15, 0.2) is 60.3 Å². The highest BCUT2D eigenvalue weighted by molar-refractivity contribution is 5.97. The van der Waals surface area contributed by atoms with E-state index in [4.69, 9.17) is 10.5 Å². The molecule has 1 aromatic heterocycles. The van der Waals surface area contributed by atoms with Gasteiger partial charge in [-0.2, -0.15) is 0 Å². The van der Waals surface area contributed by atoms with E-state index in [1.165, 1.54) is 6.92 Å². The molecule has 27 heavy (non-hydrogen) atoms. The summed E-state index contributed by atoms with van der Waals surface area (Å²) in [6.45, 7) is 1.15. The first-order chi connectivity index (χ1) is 13.0. The van der Waals surface area contributed by atoms with Gasteiger partial charge in [-0.05, 0) is 23.8 Å². The van der Waals surface area contributed by atoms with Gasteiger partial charge < -0.3 is 15.8 Å². The van der Waals surface area contributed by atoms with Gasteiger partial charge in [-0.3, -0.25) is 4.79 Å². The summed E-state index contributed by atoms with van der Waals surface area (Å²) in [4.78, 5) is 32.3. The van der Waals surface area contributed by atoms with E-state index in [9.17, 15) is 9.59 Å². The summed E-state index contributed by atoms with van der Waals surface area (Å²) in [6.07, 6.45) is 1.54. The van der Waals surface area contributed by atoms with Crippen LogP contribution in [0.25, 0.3) is 17.0 Å². The molecular weight excluding hydrogens is 344 g/mol. The monoisotopic (exact) mass is 362 g/mol. The number of ether oxygens (including phenoxy) is 1. The Labute approximate surface area is 155 Å². The van der Waals surface area contributed by atoms with Crippen molar-refractivity contribution in [3.8, 4) is 0 Å². The lowest BCUT2D eigenvalue weighted by Gasteiger charge is -2.09. The first-order valence-electron chi connectivity index (χ1n) is 8.25. The van der Waals surface area contributed by atoms with Crippen LogP contribution in [-0.4, -0.2) is 21.8 Å². The van der Waals surface area contributed by atoms with Gasteiger partial charge in [-0.25, -0.2) is 14.8 Å². The Hall–Kier alpha value is -3.74. The molecule has 1 heterocycles. The number of esters is 1. The van der Waals surface area contributed by atoms with Crippen LogP contribution >= 0.6 is 0 Å². The van der Waals surface area contributed by atoms with Crippen molar-refractivity contribution in [2.75, 3.05) is 5.73 Å². The highest BCUT2D eigenvalue weighted by Gasteiger charge is 2.14. The second-order valence-electron chi connectivity index (χ2n) is 5.77. The van der Waals surface area contributed by atoms with Gasteiger partial charge >= 0.3 is 5.97 Å². The lowest BCUT2D eigenvalue weighted by Crippen LogP contribution is -2.26. The van der Waals surface area contributed by atoms with Gasteiger partial charge in [-0.15, -0.1) is 0 Å². The van der Waals surface area contributed by atoms with Gasteiger partial charge in [-0.1, -0.05) is 42.5 Å². The van der Waals surface area contributed by atoms with Crippen molar-refractivity contribution in [3.63, 3.8) is 0 Å². The molecule has 3 N–H and O–H groups in total. The van der Waals surface area contributed by atoms with Crippen LogP contribution in [0.5, 0.6) is 0 Å². The molecule has 7 heteroatoms. The number of nitrogens with two attached hydrogens (primary N) is 1. The molecule has 3 aromatic rings. The van der Waals surface area contributed by atoms with Crippen molar-refractivity contribution in [3.05, 3.63) is 71.7 Å². The van der Waals surface area contributed by atoms with Gasteiger partial charge in [0.25, 0.3) is 0 Å². The number of rotatable bonds is 5. The van der Waals surface area contributed by atoms with Crippen LogP contribution in [0.1, 0.15) is 18.3 Å². The number of fused-ring (bicyclic) bond motifs is 1. The minimum atomic E-state index is -0.690. The number of hydrogen-bond donors (Lipinski definition) is 2. The summed E-state index contributed by atoms with van der Waals surface area (Å²) in [7, 11) is 0. The van der Waals surface area contributed by atoms with Crippen molar-refractivity contribution in [1.82, 2.24) is 15.3 Å². The molecule has 0 radical (unpaired) electrons. The molecule has 0 saturated heterocycles. The van der Waals surface area contributed by atoms with E-state index in [1.807, 2.05) is 48.5 Å². The second-order valence-corrected chi connectivity index (χ2v) is 5.77. The van der Waals surface area contributed by atoms with Gasteiger partial charge in [0, 0.05) is 12.3 Å². The molecule has 0 aliphatic carbocycles. The number of nitrogens with zero attached hydrogens (tertiary/aromatic N) is 2. The van der Waals surface area contributed by atoms with Crippen LogP contribution in [0.2, 0.25) is 0 Å². The van der Waals surface area contributed by atoms with Crippen molar-refractivity contribution >= 4 is 34.7 Å². The molecule has 0 aliphatic heterocycles. The third-order valence-corrected chi connectivity index (χ3v) is 3.65. The minimum Gasteiger partial charge on any atom is -0.453 e. The zero-order chi connectivity index (χ0) is 19.2. The number of carbonyl (C=O) groups is 2. The van der Waals surface area contributed by atoms with Crippen LogP contribution in [0, 0.1) is 0 Å². The number of nitrogen functional groups attached to an aromatic ring is 1. The molecule has 2 aromatic carbocycles. The minimum absolute atomic E-state index is 0.0301. The Morgan fingerprint density at radius 2 is 1.78 bits per heavy atom. The third-order valence-electron chi connectivity index (χ3n) is 3.65. The molecule has 0 unspecified atom stereocenters. The van der Waals surface area contributed by atoms with Gasteiger partial charge in [0.05, 0.1) is 5.52 Å². The summed E-state index contributed by atoms with van der Waals surface area (Å²) in [5, 5.41) is 3.22. The summed E-state index contributed by atoms with van der Waals surface area (Å²) in [5.41, 5.74) is 7.38. The molecule has 7 nitrogen and oxygen atoms in total. The number of nitrogens with one attached hydrogen (secondary N) is 1. The normalized spacial score (nSPS) is 11.2. The average molecular weight is 362 g/mol. The van der Waals surface area contributed by atoms with Gasteiger partial charge in [0.2, 0.25) is 5.91 Å². The van der Waals surface area contributed by atoms with Crippen LogP contribution in [0.4, 0.5) is 5.82 Å². The maximum atomic E-state index is 12.4. The maximum Gasteiger partial charge on any atom is 0.355 e. The molecule has 3 rings (SSSR count). The Kier molecular flexibility index (Phi) is 5.41. The smallest absolute Gasteiger partial charge is 0.355 e. The standard InChI is InChI=1S/C20H18N4O3/c1-13(25)22-17(11-14-7-3-2-4-8-14)20(26)27-12-18-23-16-10-6-5-9-15(16)19(21)24-18/h2-11H,12H2,1H3,(H,22,25)(H2,21,23,24)/b17-11-. The first-order valence-corrected chi connectivity index (χ1v) is 8.25. The molecule has 0 spiro atoms. The molecule has 136 valence electrons. The zero-order valence-corrected chi connectivity index (χ0v) is 14.7. The Bertz CT molecular complexity index is 1020. The van der Waals surface area contributed by atoms with Crippen LogP contribution < -0.4 is 11.1 Å². The summed E-state index contributed by atoms with van der Waals surface area (Å²) < 4.78 is 5.26. The van der Waals surface area contributed by atoms with Crippen molar-refractivity contribution < 1.29 is 14.3 Å². The molecular formula is C20H18N4O3. The topological polar surface area (TPSA) is 107 Å². The van der Waals surface area contributed by atoms with Gasteiger partial charge in [0.15, 0.2) is 12.4 Å². The maximum absolute atomic E-state index is 12.4. The average Bonchev–Trinajstić information content (AvgIpc) is 2.66. The van der Waals surface area contributed by atoms with E-state index < -0.39 is 5.97 Å². The van der Waals surface area contributed by atoms with Crippen LogP contribution in [0.3, 0.4) is 0 Å². The zero-order valence-electron chi connectivity index (χ0n) is 14.7. The molecule has 0 bridgehead atoms. The molecule has 1 amide bonds. The van der Waals surface area contributed by atoms with E-state index in [2.05, 4.69) is 15.3 Å². The Morgan fingerprint density at radius 1 is 1.07 bits per heavy atom. The van der Waals surface area contributed by atoms with E-state index in [-0.39, 0.29) is 24.0 Å². The van der Waals surface area contributed by atoms with Gasteiger partial charge in [0.1, 0.15) is 11.5 Å². The highest BCUT2D eigenvalue weighted by atomic mass is 16.5. The molecule has 0 saturated carbocycles. The van der Waals surface area contributed by atoms with E-state index in [0.29, 0.717) is 11.3 Å².